The summed E-state index contributed by atoms with van der Waals surface area (Å²) in [5.74, 6) is 2.51. The molecule has 0 aromatic carbocycles. The molecule has 86 valence electrons. The largest absolute Gasteiger partial charge is 0.351 e. The standard InChI is InChI=1S/C12H18N4/c1-8-4-14-12(15-5-8)16-11-2-9-6-13-7-10(9)3-11/h4-5,9-11,13H,2-3,6-7H2,1H3,(H,14,15,16)/t9-,10+,11?. The molecule has 2 fully saturated rings. The van der Waals surface area contributed by atoms with E-state index in [0.717, 1.165) is 23.3 Å². The maximum Gasteiger partial charge on any atom is 0.222 e. The number of anilines is 1. The van der Waals surface area contributed by atoms with Gasteiger partial charge >= 0.3 is 0 Å². The molecule has 1 aliphatic heterocycles. The lowest BCUT2D eigenvalue weighted by Crippen LogP contribution is -2.21. The average Bonchev–Trinajstić information content (AvgIpc) is 2.81. The van der Waals surface area contributed by atoms with Crippen LogP contribution in [0.15, 0.2) is 12.4 Å². The lowest BCUT2D eigenvalue weighted by atomic mass is 10.0. The van der Waals surface area contributed by atoms with Gasteiger partial charge in [0.25, 0.3) is 0 Å². The van der Waals surface area contributed by atoms with Gasteiger partial charge in [-0.2, -0.15) is 0 Å². The third kappa shape index (κ3) is 1.89. The Labute approximate surface area is 95.9 Å². The van der Waals surface area contributed by atoms with Crippen LogP contribution in [0.25, 0.3) is 0 Å². The molecule has 4 nitrogen and oxygen atoms in total. The van der Waals surface area contributed by atoms with Crippen molar-refractivity contribution in [2.24, 2.45) is 11.8 Å². The molecule has 3 rings (SSSR count). The van der Waals surface area contributed by atoms with Crippen LogP contribution in [0, 0.1) is 18.8 Å². The average molecular weight is 218 g/mol. The Morgan fingerprint density at radius 1 is 1.19 bits per heavy atom. The molecule has 1 saturated carbocycles. The zero-order valence-electron chi connectivity index (χ0n) is 9.61. The van der Waals surface area contributed by atoms with E-state index in [4.69, 9.17) is 0 Å². The highest BCUT2D eigenvalue weighted by Crippen LogP contribution is 2.35. The first-order chi connectivity index (χ1) is 7.81. The van der Waals surface area contributed by atoms with E-state index < -0.39 is 0 Å². The van der Waals surface area contributed by atoms with Crippen LogP contribution in [-0.4, -0.2) is 29.1 Å². The number of hydrogen-bond donors (Lipinski definition) is 2. The summed E-state index contributed by atoms with van der Waals surface area (Å²) in [5.41, 5.74) is 1.11. The predicted molar refractivity (Wildman–Crippen MR) is 63.3 cm³/mol. The predicted octanol–water partition coefficient (Wildman–Crippen LogP) is 1.19. The van der Waals surface area contributed by atoms with E-state index in [-0.39, 0.29) is 0 Å². The molecule has 2 heterocycles. The molecule has 1 aromatic rings. The van der Waals surface area contributed by atoms with Gasteiger partial charge in [-0.05, 0) is 50.3 Å². The van der Waals surface area contributed by atoms with Gasteiger partial charge < -0.3 is 10.6 Å². The Morgan fingerprint density at radius 3 is 2.44 bits per heavy atom. The number of hydrogen-bond acceptors (Lipinski definition) is 4. The van der Waals surface area contributed by atoms with Gasteiger partial charge in [0.15, 0.2) is 0 Å². The Balaban J connectivity index is 1.62. The van der Waals surface area contributed by atoms with Gasteiger partial charge in [-0.15, -0.1) is 0 Å². The van der Waals surface area contributed by atoms with Gasteiger partial charge in [-0.3, -0.25) is 0 Å². The fourth-order valence-corrected chi connectivity index (χ4v) is 2.93. The first-order valence-electron chi connectivity index (χ1n) is 6.07. The molecule has 4 heteroatoms. The van der Waals surface area contributed by atoms with Crippen LogP contribution in [0.3, 0.4) is 0 Å². The number of aromatic nitrogens is 2. The van der Waals surface area contributed by atoms with Crippen LogP contribution in [0.1, 0.15) is 18.4 Å². The first-order valence-corrected chi connectivity index (χ1v) is 6.07. The van der Waals surface area contributed by atoms with Gasteiger partial charge in [0, 0.05) is 18.4 Å². The summed E-state index contributed by atoms with van der Waals surface area (Å²) >= 11 is 0. The molecule has 0 amide bonds. The summed E-state index contributed by atoms with van der Waals surface area (Å²) in [6, 6.07) is 0.569. The molecular weight excluding hydrogens is 200 g/mol. The van der Waals surface area contributed by atoms with Crippen LogP contribution < -0.4 is 10.6 Å². The monoisotopic (exact) mass is 218 g/mol. The third-order valence-corrected chi connectivity index (χ3v) is 3.77. The first kappa shape index (κ1) is 10.0. The maximum atomic E-state index is 4.30. The van der Waals surface area contributed by atoms with Crippen molar-refractivity contribution in [2.45, 2.75) is 25.8 Å². The summed E-state index contributed by atoms with van der Waals surface area (Å²) in [4.78, 5) is 8.60. The maximum absolute atomic E-state index is 4.30. The summed E-state index contributed by atoms with van der Waals surface area (Å²) in [6.45, 7) is 4.39. The van der Waals surface area contributed by atoms with Crippen molar-refractivity contribution in [3.8, 4) is 0 Å². The van der Waals surface area contributed by atoms with Gasteiger partial charge in [-0.1, -0.05) is 0 Å². The number of nitrogens with zero attached hydrogens (tertiary/aromatic N) is 2. The highest BCUT2D eigenvalue weighted by atomic mass is 15.1. The molecule has 2 N–H and O–H groups in total. The normalized spacial score (nSPS) is 32.7. The Kier molecular flexibility index (Phi) is 2.52. The molecule has 1 aliphatic carbocycles. The Morgan fingerprint density at radius 2 is 1.81 bits per heavy atom. The van der Waals surface area contributed by atoms with E-state index in [0.29, 0.717) is 6.04 Å². The number of aryl methyl sites for hydroxylation is 1. The van der Waals surface area contributed by atoms with E-state index in [2.05, 4.69) is 20.6 Å². The fraction of sp³-hybridized carbons (Fsp3) is 0.667. The SMILES string of the molecule is Cc1cnc(NC2C[C@H]3CNC[C@H]3C2)nc1. The smallest absolute Gasteiger partial charge is 0.222 e. The zero-order valence-corrected chi connectivity index (χ0v) is 9.61. The second kappa shape index (κ2) is 4.01. The van der Waals surface area contributed by atoms with Gasteiger partial charge in [-0.25, -0.2) is 9.97 Å². The highest BCUT2D eigenvalue weighted by molar-refractivity contribution is 5.27. The molecule has 1 aromatic heterocycles. The quantitative estimate of drug-likeness (QED) is 0.783. The van der Waals surface area contributed by atoms with Crippen LogP contribution in [0.5, 0.6) is 0 Å². The molecular formula is C12H18N4. The molecule has 0 spiro atoms. The van der Waals surface area contributed by atoms with Crippen molar-refractivity contribution < 1.29 is 0 Å². The topological polar surface area (TPSA) is 49.8 Å². The summed E-state index contributed by atoms with van der Waals surface area (Å²) < 4.78 is 0. The lowest BCUT2D eigenvalue weighted by Gasteiger charge is -2.13. The molecule has 16 heavy (non-hydrogen) atoms. The molecule has 1 unspecified atom stereocenters. The molecule has 1 saturated heterocycles. The summed E-state index contributed by atoms with van der Waals surface area (Å²) in [7, 11) is 0. The fourth-order valence-electron chi connectivity index (χ4n) is 2.93. The number of nitrogens with one attached hydrogen (secondary N) is 2. The molecule has 0 radical (unpaired) electrons. The van der Waals surface area contributed by atoms with Crippen LogP contribution in [0.2, 0.25) is 0 Å². The summed E-state index contributed by atoms with van der Waals surface area (Å²) in [6.07, 6.45) is 6.25. The highest BCUT2D eigenvalue weighted by Gasteiger charge is 2.37. The van der Waals surface area contributed by atoms with Crippen molar-refractivity contribution in [1.29, 1.82) is 0 Å². The van der Waals surface area contributed by atoms with E-state index in [1.165, 1.54) is 25.9 Å². The number of fused-ring (bicyclic) bond motifs is 1. The van der Waals surface area contributed by atoms with Crippen LogP contribution in [0.4, 0.5) is 5.95 Å². The Hall–Kier alpha value is -1.16. The second-order valence-corrected chi connectivity index (χ2v) is 5.08. The molecule has 3 atom stereocenters. The van der Waals surface area contributed by atoms with Crippen LogP contribution in [-0.2, 0) is 0 Å². The van der Waals surface area contributed by atoms with Crippen molar-refractivity contribution in [3.63, 3.8) is 0 Å². The number of rotatable bonds is 2. The minimum absolute atomic E-state index is 0.569. The Bertz CT molecular complexity index is 350. The van der Waals surface area contributed by atoms with Crippen molar-refractivity contribution in [2.75, 3.05) is 18.4 Å². The molecule has 2 aliphatic rings. The van der Waals surface area contributed by atoms with E-state index in [1.807, 2.05) is 19.3 Å². The molecule has 0 bridgehead atoms. The van der Waals surface area contributed by atoms with E-state index >= 15 is 0 Å². The summed E-state index contributed by atoms with van der Waals surface area (Å²) in [5, 5.41) is 6.90. The third-order valence-electron chi connectivity index (χ3n) is 3.77. The van der Waals surface area contributed by atoms with Crippen molar-refractivity contribution in [1.82, 2.24) is 15.3 Å². The van der Waals surface area contributed by atoms with Gasteiger partial charge in [0.05, 0.1) is 0 Å². The van der Waals surface area contributed by atoms with Crippen LogP contribution >= 0.6 is 0 Å². The zero-order chi connectivity index (χ0) is 11.0. The minimum atomic E-state index is 0.569. The lowest BCUT2D eigenvalue weighted by molar-refractivity contribution is 0.494. The minimum Gasteiger partial charge on any atom is -0.351 e. The van der Waals surface area contributed by atoms with Gasteiger partial charge in [0.2, 0.25) is 5.95 Å². The second-order valence-electron chi connectivity index (χ2n) is 5.08. The van der Waals surface area contributed by atoms with E-state index in [1.54, 1.807) is 0 Å². The van der Waals surface area contributed by atoms with Crippen molar-refractivity contribution in [3.05, 3.63) is 18.0 Å². The van der Waals surface area contributed by atoms with Crippen molar-refractivity contribution >= 4 is 5.95 Å². The van der Waals surface area contributed by atoms with E-state index in [9.17, 15) is 0 Å². The van der Waals surface area contributed by atoms with Gasteiger partial charge in [0.1, 0.15) is 0 Å².